The molecule has 1 saturated heterocycles. The quantitative estimate of drug-likeness (QED) is 0.906. The van der Waals surface area contributed by atoms with E-state index in [0.717, 1.165) is 23.8 Å². The molecule has 0 aliphatic carbocycles. The van der Waals surface area contributed by atoms with Gasteiger partial charge in [0.15, 0.2) is 0 Å². The van der Waals surface area contributed by atoms with Crippen LogP contribution in [0.5, 0.6) is 0 Å². The summed E-state index contributed by atoms with van der Waals surface area (Å²) in [6, 6.07) is 10.8. The summed E-state index contributed by atoms with van der Waals surface area (Å²) in [5.74, 6) is 1.91. The van der Waals surface area contributed by atoms with Gasteiger partial charge in [-0.3, -0.25) is 4.90 Å². The molecule has 3 rings (SSSR count). The summed E-state index contributed by atoms with van der Waals surface area (Å²) in [7, 11) is 0. The lowest BCUT2D eigenvalue weighted by Crippen LogP contribution is -2.37. The van der Waals surface area contributed by atoms with Gasteiger partial charge in [0.05, 0.1) is 6.04 Å². The van der Waals surface area contributed by atoms with E-state index in [9.17, 15) is 0 Å². The summed E-state index contributed by atoms with van der Waals surface area (Å²) in [6.07, 6.45) is 2.59. The van der Waals surface area contributed by atoms with Crippen molar-refractivity contribution in [1.29, 1.82) is 0 Å². The largest absolute Gasteiger partial charge is 0.459 e. The SMILES string of the molecule is CCN(CC1CCNCC1)C(C)c1cc2ccccc2o1. The zero-order valence-electron chi connectivity index (χ0n) is 13.1. The number of benzene rings is 1. The van der Waals surface area contributed by atoms with Crippen LogP contribution in [0.25, 0.3) is 11.0 Å². The molecule has 0 saturated carbocycles. The maximum absolute atomic E-state index is 6.05. The van der Waals surface area contributed by atoms with Crippen LogP contribution in [0.2, 0.25) is 0 Å². The number of hydrogen-bond donors (Lipinski definition) is 1. The van der Waals surface area contributed by atoms with E-state index in [0.29, 0.717) is 6.04 Å². The van der Waals surface area contributed by atoms with E-state index in [1.165, 1.54) is 37.9 Å². The Balaban J connectivity index is 1.72. The number of furan rings is 1. The van der Waals surface area contributed by atoms with Crippen molar-refractivity contribution in [3.05, 3.63) is 36.1 Å². The zero-order valence-corrected chi connectivity index (χ0v) is 13.1. The van der Waals surface area contributed by atoms with E-state index in [1.807, 2.05) is 6.07 Å². The molecule has 1 aromatic heterocycles. The first-order valence-corrected chi connectivity index (χ1v) is 8.21. The highest BCUT2D eigenvalue weighted by Gasteiger charge is 2.22. The number of piperidine rings is 1. The molecule has 1 fully saturated rings. The molecule has 1 unspecified atom stereocenters. The Kier molecular flexibility index (Phi) is 4.61. The minimum absolute atomic E-state index is 0.345. The van der Waals surface area contributed by atoms with E-state index in [4.69, 9.17) is 4.42 Å². The first kappa shape index (κ1) is 14.6. The normalized spacial score (nSPS) is 18.4. The molecule has 0 spiro atoms. The second kappa shape index (κ2) is 6.63. The zero-order chi connectivity index (χ0) is 14.7. The smallest absolute Gasteiger partial charge is 0.134 e. The Labute approximate surface area is 127 Å². The summed E-state index contributed by atoms with van der Waals surface area (Å²) in [4.78, 5) is 2.55. The predicted octanol–water partition coefficient (Wildman–Crippen LogP) is 3.82. The van der Waals surface area contributed by atoms with Gasteiger partial charge >= 0.3 is 0 Å². The lowest BCUT2D eigenvalue weighted by Gasteiger charge is -2.32. The predicted molar refractivity (Wildman–Crippen MR) is 87.5 cm³/mol. The minimum atomic E-state index is 0.345. The van der Waals surface area contributed by atoms with Crippen molar-refractivity contribution in [1.82, 2.24) is 10.2 Å². The monoisotopic (exact) mass is 286 g/mol. The summed E-state index contributed by atoms with van der Waals surface area (Å²) >= 11 is 0. The van der Waals surface area contributed by atoms with Crippen LogP contribution < -0.4 is 5.32 Å². The van der Waals surface area contributed by atoms with Crippen molar-refractivity contribution in [2.24, 2.45) is 5.92 Å². The average Bonchev–Trinajstić information content (AvgIpc) is 2.97. The van der Waals surface area contributed by atoms with E-state index in [-0.39, 0.29) is 0 Å². The Bertz CT molecular complexity index is 538. The molecule has 3 nitrogen and oxygen atoms in total. The van der Waals surface area contributed by atoms with E-state index in [2.05, 4.69) is 48.3 Å². The highest BCUT2D eigenvalue weighted by molar-refractivity contribution is 5.77. The number of nitrogens with zero attached hydrogens (tertiary/aromatic N) is 1. The number of fused-ring (bicyclic) bond motifs is 1. The second-order valence-corrected chi connectivity index (χ2v) is 6.14. The van der Waals surface area contributed by atoms with Gasteiger partial charge in [-0.05, 0) is 57.5 Å². The van der Waals surface area contributed by atoms with Gasteiger partial charge in [-0.1, -0.05) is 25.1 Å². The van der Waals surface area contributed by atoms with Crippen molar-refractivity contribution in [3.8, 4) is 0 Å². The molecule has 2 heterocycles. The van der Waals surface area contributed by atoms with E-state index < -0.39 is 0 Å². The third-order valence-electron chi connectivity index (χ3n) is 4.76. The fourth-order valence-corrected chi connectivity index (χ4v) is 3.35. The lowest BCUT2D eigenvalue weighted by molar-refractivity contribution is 0.155. The minimum Gasteiger partial charge on any atom is -0.459 e. The molecule has 1 aromatic carbocycles. The molecule has 1 N–H and O–H groups in total. The van der Waals surface area contributed by atoms with Gasteiger partial charge in [0.2, 0.25) is 0 Å². The van der Waals surface area contributed by atoms with Crippen LogP contribution in [0, 0.1) is 5.92 Å². The molecular weight excluding hydrogens is 260 g/mol. The highest BCUT2D eigenvalue weighted by atomic mass is 16.3. The first-order valence-electron chi connectivity index (χ1n) is 8.21. The Hall–Kier alpha value is -1.32. The first-order chi connectivity index (χ1) is 10.3. The fourth-order valence-electron chi connectivity index (χ4n) is 3.35. The maximum atomic E-state index is 6.05. The number of rotatable bonds is 5. The standard InChI is InChI=1S/C18H26N2O/c1-3-20(13-15-8-10-19-11-9-15)14(2)18-12-16-6-4-5-7-17(16)21-18/h4-7,12,14-15,19H,3,8-11,13H2,1-2H3. The molecule has 1 aliphatic heterocycles. The van der Waals surface area contributed by atoms with Crippen LogP contribution >= 0.6 is 0 Å². The molecular formula is C18H26N2O. The number of para-hydroxylation sites is 1. The van der Waals surface area contributed by atoms with Crippen LogP contribution in [0.4, 0.5) is 0 Å². The summed E-state index contributed by atoms with van der Waals surface area (Å²) in [5.41, 5.74) is 0.997. The molecule has 21 heavy (non-hydrogen) atoms. The highest BCUT2D eigenvalue weighted by Crippen LogP contribution is 2.28. The molecule has 114 valence electrons. The van der Waals surface area contributed by atoms with Crippen molar-refractivity contribution < 1.29 is 4.42 Å². The van der Waals surface area contributed by atoms with Gasteiger partial charge in [-0.15, -0.1) is 0 Å². The van der Waals surface area contributed by atoms with Gasteiger partial charge < -0.3 is 9.73 Å². The van der Waals surface area contributed by atoms with Crippen LogP contribution in [0.1, 0.15) is 38.5 Å². The van der Waals surface area contributed by atoms with Crippen molar-refractivity contribution in [2.45, 2.75) is 32.7 Å². The molecule has 1 aliphatic rings. The third kappa shape index (κ3) is 3.30. The van der Waals surface area contributed by atoms with Gasteiger partial charge in [0, 0.05) is 11.9 Å². The lowest BCUT2D eigenvalue weighted by atomic mass is 9.97. The molecule has 0 bridgehead atoms. The van der Waals surface area contributed by atoms with Crippen LogP contribution in [0.3, 0.4) is 0 Å². The Morgan fingerprint density at radius 2 is 2.05 bits per heavy atom. The van der Waals surface area contributed by atoms with Gasteiger partial charge in [0.25, 0.3) is 0 Å². The molecule has 0 amide bonds. The summed E-state index contributed by atoms with van der Waals surface area (Å²) < 4.78 is 6.05. The number of nitrogens with one attached hydrogen (secondary N) is 1. The van der Waals surface area contributed by atoms with Crippen molar-refractivity contribution in [3.63, 3.8) is 0 Å². The summed E-state index contributed by atoms with van der Waals surface area (Å²) in [6.45, 7) is 9.10. The number of hydrogen-bond acceptors (Lipinski definition) is 3. The Morgan fingerprint density at radius 3 is 2.76 bits per heavy atom. The molecule has 0 radical (unpaired) electrons. The van der Waals surface area contributed by atoms with Crippen LogP contribution in [-0.4, -0.2) is 31.1 Å². The third-order valence-corrected chi connectivity index (χ3v) is 4.76. The fraction of sp³-hybridized carbons (Fsp3) is 0.556. The van der Waals surface area contributed by atoms with Crippen LogP contribution in [-0.2, 0) is 0 Å². The average molecular weight is 286 g/mol. The molecule has 1 atom stereocenters. The topological polar surface area (TPSA) is 28.4 Å². The van der Waals surface area contributed by atoms with Crippen molar-refractivity contribution >= 4 is 11.0 Å². The second-order valence-electron chi connectivity index (χ2n) is 6.14. The van der Waals surface area contributed by atoms with Gasteiger partial charge in [-0.2, -0.15) is 0 Å². The summed E-state index contributed by atoms with van der Waals surface area (Å²) in [5, 5.41) is 4.65. The molecule has 3 heteroatoms. The van der Waals surface area contributed by atoms with E-state index in [1.54, 1.807) is 0 Å². The van der Waals surface area contributed by atoms with Crippen LogP contribution in [0.15, 0.2) is 34.7 Å². The van der Waals surface area contributed by atoms with Crippen molar-refractivity contribution in [2.75, 3.05) is 26.2 Å². The van der Waals surface area contributed by atoms with E-state index >= 15 is 0 Å². The molecule has 2 aromatic rings. The van der Waals surface area contributed by atoms with Gasteiger partial charge in [0.1, 0.15) is 11.3 Å². The Morgan fingerprint density at radius 1 is 1.29 bits per heavy atom. The maximum Gasteiger partial charge on any atom is 0.134 e. The van der Waals surface area contributed by atoms with Gasteiger partial charge in [-0.25, -0.2) is 0 Å².